The molecule has 166 valence electrons. The van der Waals surface area contributed by atoms with Gasteiger partial charge < -0.3 is 10.0 Å². The summed E-state index contributed by atoms with van der Waals surface area (Å²) in [6.07, 6.45) is 3.62. The molecule has 0 spiro atoms. The van der Waals surface area contributed by atoms with Gasteiger partial charge >= 0.3 is 7.12 Å². The second kappa shape index (κ2) is 13.7. The van der Waals surface area contributed by atoms with E-state index < -0.39 is 7.12 Å². The molecule has 4 nitrogen and oxygen atoms in total. The van der Waals surface area contributed by atoms with Gasteiger partial charge in [0.05, 0.1) is 5.69 Å². The molecule has 4 aromatic rings. The molecule has 0 fully saturated rings. The van der Waals surface area contributed by atoms with Gasteiger partial charge in [0.25, 0.3) is 0 Å². The highest BCUT2D eigenvalue weighted by Crippen LogP contribution is 2.21. The lowest BCUT2D eigenvalue weighted by Crippen LogP contribution is -2.29. The van der Waals surface area contributed by atoms with Crippen LogP contribution in [-0.4, -0.2) is 27.1 Å². The number of pyridine rings is 2. The summed E-state index contributed by atoms with van der Waals surface area (Å²) in [5.74, 6) is 0. The maximum Gasteiger partial charge on any atom is 0.488 e. The van der Waals surface area contributed by atoms with Crippen molar-refractivity contribution in [2.45, 2.75) is 13.8 Å². The van der Waals surface area contributed by atoms with Gasteiger partial charge in [0.15, 0.2) is 0 Å². The molecule has 32 heavy (non-hydrogen) atoms. The highest BCUT2D eigenvalue weighted by molar-refractivity contribution is 9.11. The highest BCUT2D eigenvalue weighted by Gasteiger charge is 2.07. The third kappa shape index (κ3) is 8.96. The second-order valence-corrected chi connectivity index (χ2v) is 9.25. The van der Waals surface area contributed by atoms with Crippen molar-refractivity contribution in [1.29, 1.82) is 0 Å². The van der Waals surface area contributed by atoms with Gasteiger partial charge in [-0.3, -0.25) is 4.98 Å². The minimum Gasteiger partial charge on any atom is -0.423 e. The Labute approximate surface area is 215 Å². The largest absolute Gasteiger partial charge is 0.488 e. The van der Waals surface area contributed by atoms with Gasteiger partial charge in [0.2, 0.25) is 0 Å². The summed E-state index contributed by atoms with van der Waals surface area (Å²) in [7, 11) is -1.34. The summed E-state index contributed by atoms with van der Waals surface area (Å²) in [6.45, 7) is 4.09. The normalized spacial score (nSPS) is 9.72. The lowest BCUT2D eigenvalue weighted by molar-refractivity contribution is 0.426. The van der Waals surface area contributed by atoms with Crippen LogP contribution in [0.5, 0.6) is 0 Å². The van der Waals surface area contributed by atoms with E-state index in [0.29, 0.717) is 5.46 Å². The molecular formula is C24H24BBr3N2O2. The van der Waals surface area contributed by atoms with Crippen LogP contribution in [0.25, 0.3) is 11.3 Å². The fraction of sp³-hybridized carbons (Fsp3) is 0.0833. The van der Waals surface area contributed by atoms with Crippen molar-refractivity contribution in [3.05, 3.63) is 110 Å². The zero-order valence-corrected chi connectivity index (χ0v) is 22.3. The summed E-state index contributed by atoms with van der Waals surface area (Å²) in [5, 5.41) is 17.2. The van der Waals surface area contributed by atoms with Crippen LogP contribution in [0.4, 0.5) is 0 Å². The molecule has 2 N–H and O–H groups in total. The lowest BCUT2D eigenvalue weighted by atomic mass is 9.81. The Morgan fingerprint density at radius 1 is 0.719 bits per heavy atom. The van der Waals surface area contributed by atoms with E-state index in [4.69, 9.17) is 10.0 Å². The predicted molar refractivity (Wildman–Crippen MR) is 145 cm³/mol. The minimum absolute atomic E-state index is 0. The quantitative estimate of drug-likeness (QED) is 0.202. The summed E-state index contributed by atoms with van der Waals surface area (Å²) in [6, 6.07) is 22.9. The molecule has 0 aliphatic carbocycles. The van der Waals surface area contributed by atoms with Gasteiger partial charge in [-0.1, -0.05) is 60.7 Å². The topological polar surface area (TPSA) is 66.2 Å². The maximum atomic E-state index is 8.58. The number of hydrogen-bond donors (Lipinski definition) is 2. The van der Waals surface area contributed by atoms with Gasteiger partial charge in [-0.15, -0.1) is 0 Å². The standard InChI is InChI=1S/C12H10BrN.C6H7BO2.C6H5Br2N.H2/c1-9-7-12(14-8-11(9)13)10-5-3-2-4-6-10;8-7(9)6-4-2-1-3-5-6;1-4-2-6(8)9-3-5(4)7;/h2-8H,1H3;1-5,8-9H;2-3H,1H3;1H/i;;;1+1. The van der Waals surface area contributed by atoms with Crippen LogP contribution in [0.15, 0.2) is 98.7 Å². The first-order chi connectivity index (χ1) is 15.3. The molecule has 0 saturated carbocycles. The van der Waals surface area contributed by atoms with Gasteiger partial charge in [0, 0.05) is 28.3 Å². The molecule has 2 aromatic heterocycles. The average Bonchev–Trinajstić information content (AvgIpc) is 2.80. The molecule has 0 unspecified atom stereocenters. The Balaban J connectivity index is 0.000000254. The molecule has 4 rings (SSSR count). The first kappa shape index (κ1) is 26.4. The van der Waals surface area contributed by atoms with Crippen molar-refractivity contribution in [2.24, 2.45) is 0 Å². The molecule has 8 heteroatoms. The van der Waals surface area contributed by atoms with E-state index >= 15 is 0 Å². The molecule has 2 aromatic carbocycles. The average molecular weight is 624 g/mol. The monoisotopic (exact) mass is 621 g/mol. The van der Waals surface area contributed by atoms with Gasteiger partial charge in [0.1, 0.15) is 4.60 Å². The summed E-state index contributed by atoms with van der Waals surface area (Å²) >= 11 is 10.0. The van der Waals surface area contributed by atoms with Crippen LogP contribution in [0.1, 0.15) is 12.6 Å². The fourth-order valence-corrected chi connectivity index (χ4v) is 3.32. The highest BCUT2D eigenvalue weighted by atomic mass is 79.9. The predicted octanol–water partition coefficient (Wildman–Crippen LogP) is 6.35. The van der Waals surface area contributed by atoms with E-state index in [-0.39, 0.29) is 1.43 Å². The molecule has 0 bridgehead atoms. The van der Waals surface area contributed by atoms with Gasteiger partial charge in [-0.25, -0.2) is 4.98 Å². The molecule has 0 amide bonds. The number of halogens is 3. The number of aryl methyl sites for hydroxylation is 2. The van der Waals surface area contributed by atoms with Crippen molar-refractivity contribution in [3.8, 4) is 11.3 Å². The Hall–Kier alpha value is -1.84. The molecule has 0 saturated heterocycles. The number of aromatic nitrogens is 2. The third-order valence-electron chi connectivity index (χ3n) is 4.23. The SMILES string of the molecule is Cc1cc(-c2ccccc2)ncc1Br.Cc1cc(Br)ncc1Br.OB(O)c1ccccc1.[2HH]. The van der Waals surface area contributed by atoms with Crippen LogP contribution in [0.2, 0.25) is 0 Å². The summed E-state index contributed by atoms with van der Waals surface area (Å²) < 4.78 is 2.98. The molecule has 0 radical (unpaired) electrons. The minimum atomic E-state index is -1.34. The third-order valence-corrected chi connectivity index (χ3v) is 6.32. The van der Waals surface area contributed by atoms with E-state index in [2.05, 4.69) is 82.9 Å². The maximum absolute atomic E-state index is 8.58. The lowest BCUT2D eigenvalue weighted by Gasteiger charge is -2.02. The fourth-order valence-electron chi connectivity index (χ4n) is 2.44. The van der Waals surface area contributed by atoms with Crippen LogP contribution in [-0.2, 0) is 0 Å². The smallest absolute Gasteiger partial charge is 0.423 e. The van der Waals surface area contributed by atoms with Crippen LogP contribution in [0.3, 0.4) is 0 Å². The molecule has 0 aliphatic heterocycles. The zero-order chi connectivity index (χ0) is 23.5. The molecule has 0 aliphatic rings. The van der Waals surface area contributed by atoms with Crippen LogP contribution >= 0.6 is 47.8 Å². The number of nitrogens with zero attached hydrogens (tertiary/aromatic N) is 2. The van der Waals surface area contributed by atoms with E-state index in [0.717, 1.165) is 24.8 Å². The van der Waals surface area contributed by atoms with Crippen LogP contribution < -0.4 is 5.46 Å². The van der Waals surface area contributed by atoms with Crippen molar-refractivity contribution in [1.82, 2.24) is 9.97 Å². The second-order valence-electron chi connectivity index (χ2n) is 6.73. The molecular weight excluding hydrogens is 599 g/mol. The van der Waals surface area contributed by atoms with E-state index in [1.807, 2.05) is 43.5 Å². The van der Waals surface area contributed by atoms with Crippen LogP contribution in [0, 0.1) is 13.8 Å². The van der Waals surface area contributed by atoms with Gasteiger partial charge in [-0.05, 0) is 90.4 Å². The summed E-state index contributed by atoms with van der Waals surface area (Å²) in [4.78, 5) is 8.37. The Bertz CT molecular complexity index is 1120. The first-order valence-electron chi connectivity index (χ1n) is 9.64. The van der Waals surface area contributed by atoms with E-state index in [1.54, 1.807) is 30.5 Å². The van der Waals surface area contributed by atoms with E-state index in [9.17, 15) is 0 Å². The van der Waals surface area contributed by atoms with Gasteiger partial charge in [-0.2, -0.15) is 0 Å². The zero-order valence-electron chi connectivity index (χ0n) is 17.6. The van der Waals surface area contributed by atoms with Crippen molar-refractivity contribution in [2.75, 3.05) is 0 Å². The van der Waals surface area contributed by atoms with Crippen molar-refractivity contribution >= 4 is 60.4 Å². The Morgan fingerprint density at radius 3 is 1.66 bits per heavy atom. The number of hydrogen-bond acceptors (Lipinski definition) is 4. The molecule has 0 atom stereocenters. The van der Waals surface area contributed by atoms with Crippen molar-refractivity contribution < 1.29 is 11.5 Å². The number of benzene rings is 2. The Kier molecular flexibility index (Phi) is 11.3. The number of rotatable bonds is 2. The summed E-state index contributed by atoms with van der Waals surface area (Å²) in [5.41, 5.74) is 5.10. The Morgan fingerprint density at radius 2 is 1.22 bits per heavy atom. The van der Waals surface area contributed by atoms with E-state index in [1.165, 1.54) is 11.1 Å². The van der Waals surface area contributed by atoms with Crippen molar-refractivity contribution in [3.63, 3.8) is 0 Å². The first-order valence-corrected chi connectivity index (χ1v) is 12.0. The molecule has 2 heterocycles.